The zero-order chi connectivity index (χ0) is 12.2. The van der Waals surface area contributed by atoms with Crippen LogP contribution in [0.25, 0.3) is 0 Å². The normalized spacial score (nSPS) is 27.3. The summed E-state index contributed by atoms with van der Waals surface area (Å²) in [6.07, 6.45) is 9.10. The monoisotopic (exact) mass is 222 g/mol. The lowest BCUT2D eigenvalue weighted by molar-refractivity contribution is 0.0573. The molecule has 1 aliphatic heterocycles. The molecule has 1 saturated heterocycles. The summed E-state index contributed by atoms with van der Waals surface area (Å²) in [6, 6.07) is 0.849. The lowest BCUT2D eigenvalue weighted by Gasteiger charge is -2.48. The first kappa shape index (κ1) is 13.5. The Labute approximate surface area is 101 Å². The molecule has 2 unspecified atom stereocenters. The maximum absolute atomic E-state index is 5.58. The Hall–Kier alpha value is -0.520. The first-order chi connectivity index (χ1) is 7.62. The molecule has 2 heteroatoms. The highest BCUT2D eigenvalue weighted by Gasteiger charge is 2.37. The van der Waals surface area contributed by atoms with Gasteiger partial charge in [-0.05, 0) is 26.2 Å². The standard InChI is InChI=1S/C14H26N2/c1-6-12(5)16-11-14(8-3,9-4)15-10-13(16)7-2/h1,12-13,15H,7-11H2,2-5H3. The molecule has 92 valence electrons. The van der Waals surface area contributed by atoms with Crippen LogP contribution in [0.2, 0.25) is 0 Å². The molecule has 1 N–H and O–H groups in total. The van der Waals surface area contributed by atoms with Gasteiger partial charge in [0.05, 0.1) is 6.04 Å². The zero-order valence-corrected chi connectivity index (χ0v) is 11.2. The van der Waals surface area contributed by atoms with Crippen molar-refractivity contribution < 1.29 is 0 Å². The average Bonchev–Trinajstić information content (AvgIpc) is 2.37. The molecule has 1 aliphatic rings. The van der Waals surface area contributed by atoms with Crippen LogP contribution in [0.15, 0.2) is 0 Å². The summed E-state index contributed by atoms with van der Waals surface area (Å²) in [5.74, 6) is 2.88. The molecule has 0 bridgehead atoms. The second-order valence-corrected chi connectivity index (χ2v) is 4.95. The Morgan fingerprint density at radius 3 is 2.50 bits per heavy atom. The zero-order valence-electron chi connectivity index (χ0n) is 11.2. The van der Waals surface area contributed by atoms with E-state index in [0.29, 0.717) is 6.04 Å². The molecule has 1 fully saturated rings. The lowest BCUT2D eigenvalue weighted by atomic mass is 9.87. The third-order valence-electron chi connectivity index (χ3n) is 4.23. The predicted molar refractivity (Wildman–Crippen MR) is 70.4 cm³/mol. The molecule has 0 spiro atoms. The van der Waals surface area contributed by atoms with Crippen molar-refractivity contribution >= 4 is 0 Å². The van der Waals surface area contributed by atoms with Crippen molar-refractivity contribution in [1.29, 1.82) is 0 Å². The number of hydrogen-bond donors (Lipinski definition) is 1. The van der Waals surface area contributed by atoms with Crippen LogP contribution >= 0.6 is 0 Å². The Bertz CT molecular complexity index is 250. The lowest BCUT2D eigenvalue weighted by Crippen LogP contribution is -2.65. The van der Waals surface area contributed by atoms with E-state index in [2.05, 4.69) is 43.8 Å². The molecular formula is C14H26N2. The maximum Gasteiger partial charge on any atom is 0.0686 e. The van der Waals surface area contributed by atoms with Crippen LogP contribution in [0.1, 0.15) is 47.0 Å². The van der Waals surface area contributed by atoms with Gasteiger partial charge in [0.15, 0.2) is 0 Å². The number of piperazine rings is 1. The van der Waals surface area contributed by atoms with E-state index < -0.39 is 0 Å². The Morgan fingerprint density at radius 1 is 1.44 bits per heavy atom. The van der Waals surface area contributed by atoms with Crippen LogP contribution in [0.4, 0.5) is 0 Å². The summed E-state index contributed by atoms with van der Waals surface area (Å²) in [6.45, 7) is 11.1. The molecule has 2 atom stereocenters. The van der Waals surface area contributed by atoms with Gasteiger partial charge in [0, 0.05) is 24.7 Å². The van der Waals surface area contributed by atoms with Crippen molar-refractivity contribution in [3.05, 3.63) is 0 Å². The van der Waals surface area contributed by atoms with E-state index in [9.17, 15) is 0 Å². The van der Waals surface area contributed by atoms with Crippen molar-refractivity contribution in [1.82, 2.24) is 10.2 Å². The minimum Gasteiger partial charge on any atom is -0.308 e. The fraction of sp³-hybridized carbons (Fsp3) is 0.857. The molecule has 16 heavy (non-hydrogen) atoms. The third-order valence-corrected chi connectivity index (χ3v) is 4.23. The van der Waals surface area contributed by atoms with Crippen molar-refractivity contribution in [3.63, 3.8) is 0 Å². The van der Waals surface area contributed by atoms with E-state index in [1.807, 2.05) is 0 Å². The van der Waals surface area contributed by atoms with Gasteiger partial charge < -0.3 is 5.32 Å². The van der Waals surface area contributed by atoms with Gasteiger partial charge in [-0.3, -0.25) is 4.90 Å². The number of nitrogens with one attached hydrogen (secondary N) is 1. The highest BCUT2D eigenvalue weighted by Crippen LogP contribution is 2.25. The van der Waals surface area contributed by atoms with Gasteiger partial charge in [0.1, 0.15) is 0 Å². The van der Waals surface area contributed by atoms with Gasteiger partial charge in [0.25, 0.3) is 0 Å². The quantitative estimate of drug-likeness (QED) is 0.734. The predicted octanol–water partition coefficient (Wildman–Crippen LogP) is 2.25. The molecule has 0 amide bonds. The fourth-order valence-corrected chi connectivity index (χ4v) is 2.64. The minimum atomic E-state index is 0.254. The van der Waals surface area contributed by atoms with Crippen LogP contribution in [-0.2, 0) is 0 Å². The van der Waals surface area contributed by atoms with Crippen molar-refractivity contribution in [3.8, 4) is 12.3 Å². The molecular weight excluding hydrogens is 196 g/mol. The van der Waals surface area contributed by atoms with Crippen molar-refractivity contribution in [2.24, 2.45) is 0 Å². The topological polar surface area (TPSA) is 15.3 Å². The van der Waals surface area contributed by atoms with E-state index in [4.69, 9.17) is 6.42 Å². The van der Waals surface area contributed by atoms with Gasteiger partial charge >= 0.3 is 0 Å². The van der Waals surface area contributed by atoms with Gasteiger partial charge in [0.2, 0.25) is 0 Å². The first-order valence-electron chi connectivity index (χ1n) is 6.59. The molecule has 1 rings (SSSR count). The van der Waals surface area contributed by atoms with E-state index in [1.165, 1.54) is 19.3 Å². The first-order valence-corrected chi connectivity index (χ1v) is 6.59. The van der Waals surface area contributed by atoms with Gasteiger partial charge in [-0.25, -0.2) is 0 Å². The maximum atomic E-state index is 5.58. The number of hydrogen-bond acceptors (Lipinski definition) is 2. The SMILES string of the molecule is C#CC(C)N1CC(CC)(CC)NCC1CC. The van der Waals surface area contributed by atoms with E-state index >= 15 is 0 Å². The molecule has 0 aromatic heterocycles. The van der Waals surface area contributed by atoms with Crippen LogP contribution in [0.3, 0.4) is 0 Å². The van der Waals surface area contributed by atoms with Crippen LogP contribution in [0, 0.1) is 12.3 Å². The largest absolute Gasteiger partial charge is 0.308 e. The summed E-state index contributed by atoms with van der Waals surface area (Å²) < 4.78 is 0. The minimum absolute atomic E-state index is 0.254. The van der Waals surface area contributed by atoms with E-state index in [0.717, 1.165) is 13.1 Å². The van der Waals surface area contributed by atoms with Gasteiger partial charge in [-0.1, -0.05) is 26.7 Å². The Kier molecular flexibility index (Phi) is 4.83. The van der Waals surface area contributed by atoms with Crippen LogP contribution in [0.5, 0.6) is 0 Å². The van der Waals surface area contributed by atoms with Crippen molar-refractivity contribution in [2.75, 3.05) is 13.1 Å². The molecule has 0 aromatic carbocycles. The summed E-state index contributed by atoms with van der Waals surface area (Å²) in [4.78, 5) is 2.50. The molecule has 1 heterocycles. The smallest absolute Gasteiger partial charge is 0.0686 e. The van der Waals surface area contributed by atoms with E-state index in [1.54, 1.807) is 0 Å². The highest BCUT2D eigenvalue weighted by molar-refractivity contribution is 5.05. The average molecular weight is 222 g/mol. The molecule has 0 saturated carbocycles. The molecule has 2 nitrogen and oxygen atoms in total. The molecule has 0 aliphatic carbocycles. The highest BCUT2D eigenvalue weighted by atomic mass is 15.3. The Morgan fingerprint density at radius 2 is 2.06 bits per heavy atom. The van der Waals surface area contributed by atoms with Gasteiger partial charge in [-0.15, -0.1) is 6.42 Å². The van der Waals surface area contributed by atoms with Crippen molar-refractivity contribution in [2.45, 2.75) is 64.6 Å². The molecule has 0 radical (unpaired) electrons. The summed E-state index contributed by atoms with van der Waals surface area (Å²) in [7, 11) is 0. The fourth-order valence-electron chi connectivity index (χ4n) is 2.64. The third kappa shape index (κ3) is 2.59. The summed E-state index contributed by atoms with van der Waals surface area (Å²) >= 11 is 0. The van der Waals surface area contributed by atoms with Gasteiger partial charge in [-0.2, -0.15) is 0 Å². The number of terminal acetylenes is 1. The number of rotatable bonds is 4. The Balaban J connectivity index is 2.80. The summed E-state index contributed by atoms with van der Waals surface area (Å²) in [5, 5.41) is 3.73. The number of nitrogens with zero attached hydrogens (tertiary/aromatic N) is 1. The van der Waals surface area contributed by atoms with Crippen LogP contribution < -0.4 is 5.32 Å². The van der Waals surface area contributed by atoms with Crippen LogP contribution in [-0.4, -0.2) is 35.6 Å². The second-order valence-electron chi connectivity index (χ2n) is 4.95. The van der Waals surface area contributed by atoms with E-state index in [-0.39, 0.29) is 11.6 Å². The second kappa shape index (κ2) is 5.70. The molecule has 0 aromatic rings. The summed E-state index contributed by atoms with van der Waals surface area (Å²) in [5.41, 5.74) is 0.275.